The quantitative estimate of drug-likeness (QED) is 0.871. The van der Waals surface area contributed by atoms with E-state index in [1.807, 2.05) is 13.8 Å². The third-order valence-corrected chi connectivity index (χ3v) is 3.85. The molecule has 0 bridgehead atoms. The molecule has 19 heavy (non-hydrogen) atoms. The molecule has 0 atom stereocenters. The first-order chi connectivity index (χ1) is 9.04. The van der Waals surface area contributed by atoms with E-state index in [1.54, 1.807) is 0 Å². The molecular weight excluding hydrogens is 238 g/mol. The highest BCUT2D eigenvalue weighted by Gasteiger charge is 2.20. The van der Waals surface area contributed by atoms with Crippen molar-refractivity contribution in [1.29, 1.82) is 0 Å². The average Bonchev–Trinajstić information content (AvgIpc) is 2.81. The molecule has 0 spiro atoms. The maximum absolute atomic E-state index is 6.15. The lowest BCUT2D eigenvalue weighted by Gasteiger charge is -2.19. The summed E-state index contributed by atoms with van der Waals surface area (Å²) in [5.74, 6) is 1.58. The Kier molecular flexibility index (Phi) is 3.07. The SMILES string of the molecule is CC(C)(N)c1ccc2nc(C3CCOCC3)[nH]c2c1. The van der Waals surface area contributed by atoms with Gasteiger partial charge in [0, 0.05) is 24.7 Å². The molecular formula is C15H21N3O. The number of hydrogen-bond donors (Lipinski definition) is 2. The maximum atomic E-state index is 6.15. The first-order valence-electron chi connectivity index (χ1n) is 6.91. The van der Waals surface area contributed by atoms with Crippen LogP contribution < -0.4 is 5.73 Å². The third kappa shape index (κ3) is 2.51. The summed E-state index contributed by atoms with van der Waals surface area (Å²) in [6.07, 6.45) is 2.10. The Labute approximate surface area is 113 Å². The molecule has 0 saturated carbocycles. The fourth-order valence-electron chi connectivity index (χ4n) is 2.59. The zero-order chi connectivity index (χ0) is 13.5. The number of nitrogens with two attached hydrogens (primary N) is 1. The van der Waals surface area contributed by atoms with E-state index in [0.29, 0.717) is 5.92 Å². The standard InChI is InChI=1S/C15H21N3O/c1-15(2,16)11-3-4-12-13(9-11)18-14(17-12)10-5-7-19-8-6-10/h3-4,9-10H,5-8,16H2,1-2H3,(H,17,18). The number of H-pyrrole nitrogens is 1. The van der Waals surface area contributed by atoms with Gasteiger partial charge in [-0.15, -0.1) is 0 Å². The van der Waals surface area contributed by atoms with Gasteiger partial charge < -0.3 is 15.5 Å². The average molecular weight is 259 g/mol. The summed E-state index contributed by atoms with van der Waals surface area (Å²) in [5, 5.41) is 0. The molecule has 2 aromatic rings. The Morgan fingerprint density at radius 1 is 1.32 bits per heavy atom. The van der Waals surface area contributed by atoms with Crippen LogP contribution in [0.3, 0.4) is 0 Å². The van der Waals surface area contributed by atoms with Gasteiger partial charge in [-0.2, -0.15) is 0 Å². The Hall–Kier alpha value is -1.39. The second kappa shape index (κ2) is 4.62. The predicted octanol–water partition coefficient (Wildman–Crippen LogP) is 2.65. The summed E-state index contributed by atoms with van der Waals surface area (Å²) in [5.41, 5.74) is 9.06. The zero-order valence-corrected chi connectivity index (χ0v) is 11.6. The zero-order valence-electron chi connectivity index (χ0n) is 11.6. The monoisotopic (exact) mass is 259 g/mol. The van der Waals surface area contributed by atoms with Gasteiger partial charge in [-0.05, 0) is 44.4 Å². The van der Waals surface area contributed by atoms with Gasteiger partial charge in [-0.1, -0.05) is 6.07 Å². The first-order valence-corrected chi connectivity index (χ1v) is 6.91. The van der Waals surface area contributed by atoms with E-state index < -0.39 is 0 Å². The highest BCUT2D eigenvalue weighted by molar-refractivity contribution is 5.76. The normalized spacial score (nSPS) is 18.1. The fraction of sp³-hybridized carbons (Fsp3) is 0.533. The molecule has 102 valence electrons. The summed E-state index contributed by atoms with van der Waals surface area (Å²) < 4.78 is 5.40. The van der Waals surface area contributed by atoms with Crippen LogP contribution in [0.1, 0.15) is 44.0 Å². The number of hydrogen-bond acceptors (Lipinski definition) is 3. The molecule has 0 amide bonds. The summed E-state index contributed by atoms with van der Waals surface area (Å²) >= 11 is 0. The number of imidazole rings is 1. The number of nitrogens with one attached hydrogen (secondary N) is 1. The molecule has 3 N–H and O–H groups in total. The Morgan fingerprint density at radius 3 is 2.74 bits per heavy atom. The summed E-state index contributed by atoms with van der Waals surface area (Å²) in [6.45, 7) is 5.71. The van der Waals surface area contributed by atoms with Gasteiger partial charge in [-0.25, -0.2) is 4.98 Å². The highest BCUT2D eigenvalue weighted by atomic mass is 16.5. The van der Waals surface area contributed by atoms with Crippen LogP contribution in [0.2, 0.25) is 0 Å². The summed E-state index contributed by atoms with van der Waals surface area (Å²) in [4.78, 5) is 8.16. The second-order valence-corrected chi connectivity index (χ2v) is 5.96. The maximum Gasteiger partial charge on any atom is 0.110 e. The van der Waals surface area contributed by atoms with Crippen molar-refractivity contribution in [3.63, 3.8) is 0 Å². The number of nitrogens with zero attached hydrogens (tertiary/aromatic N) is 1. The van der Waals surface area contributed by atoms with Crippen molar-refractivity contribution in [2.24, 2.45) is 5.73 Å². The summed E-state index contributed by atoms with van der Waals surface area (Å²) in [7, 11) is 0. The van der Waals surface area contributed by atoms with Gasteiger partial charge in [0.05, 0.1) is 11.0 Å². The minimum Gasteiger partial charge on any atom is -0.381 e. The smallest absolute Gasteiger partial charge is 0.110 e. The topological polar surface area (TPSA) is 63.9 Å². The molecule has 4 heteroatoms. The van der Waals surface area contributed by atoms with Gasteiger partial charge in [-0.3, -0.25) is 0 Å². The number of aromatic amines is 1. The minimum atomic E-state index is -0.321. The molecule has 0 radical (unpaired) electrons. The van der Waals surface area contributed by atoms with Crippen molar-refractivity contribution in [2.45, 2.75) is 38.1 Å². The van der Waals surface area contributed by atoms with Crippen molar-refractivity contribution in [2.75, 3.05) is 13.2 Å². The van der Waals surface area contributed by atoms with E-state index in [1.165, 1.54) is 0 Å². The molecule has 4 nitrogen and oxygen atoms in total. The van der Waals surface area contributed by atoms with Crippen LogP contribution >= 0.6 is 0 Å². The molecule has 0 aliphatic carbocycles. The molecule has 2 heterocycles. The molecule has 1 fully saturated rings. The number of fused-ring (bicyclic) bond motifs is 1. The van der Waals surface area contributed by atoms with Crippen LogP contribution in [0.4, 0.5) is 0 Å². The van der Waals surface area contributed by atoms with Crippen molar-refractivity contribution >= 4 is 11.0 Å². The molecule has 0 unspecified atom stereocenters. The Bertz CT molecular complexity index is 577. The van der Waals surface area contributed by atoms with E-state index in [0.717, 1.165) is 48.5 Å². The van der Waals surface area contributed by atoms with Gasteiger partial charge >= 0.3 is 0 Å². The molecule has 1 aliphatic heterocycles. The van der Waals surface area contributed by atoms with E-state index in [9.17, 15) is 0 Å². The van der Waals surface area contributed by atoms with E-state index >= 15 is 0 Å². The van der Waals surface area contributed by atoms with E-state index in [2.05, 4.69) is 23.2 Å². The molecule has 1 aromatic carbocycles. The van der Waals surface area contributed by atoms with Gasteiger partial charge in [0.2, 0.25) is 0 Å². The van der Waals surface area contributed by atoms with E-state index in [-0.39, 0.29) is 5.54 Å². The van der Waals surface area contributed by atoms with Crippen molar-refractivity contribution in [1.82, 2.24) is 9.97 Å². The van der Waals surface area contributed by atoms with Crippen LogP contribution in [0.5, 0.6) is 0 Å². The van der Waals surface area contributed by atoms with Crippen molar-refractivity contribution in [3.8, 4) is 0 Å². The summed E-state index contributed by atoms with van der Waals surface area (Å²) in [6, 6.07) is 6.24. The molecule has 3 rings (SSSR count). The minimum absolute atomic E-state index is 0.321. The van der Waals surface area contributed by atoms with Crippen molar-refractivity contribution < 1.29 is 4.74 Å². The largest absolute Gasteiger partial charge is 0.381 e. The van der Waals surface area contributed by atoms with Crippen LogP contribution in [-0.4, -0.2) is 23.2 Å². The lowest BCUT2D eigenvalue weighted by Crippen LogP contribution is -2.28. The number of rotatable bonds is 2. The van der Waals surface area contributed by atoms with Gasteiger partial charge in [0.15, 0.2) is 0 Å². The lowest BCUT2D eigenvalue weighted by molar-refractivity contribution is 0.0838. The number of benzene rings is 1. The van der Waals surface area contributed by atoms with Crippen LogP contribution in [0.25, 0.3) is 11.0 Å². The molecule has 1 aromatic heterocycles. The van der Waals surface area contributed by atoms with Crippen LogP contribution in [-0.2, 0) is 10.3 Å². The molecule has 1 saturated heterocycles. The Morgan fingerprint density at radius 2 is 2.05 bits per heavy atom. The van der Waals surface area contributed by atoms with Gasteiger partial charge in [0.25, 0.3) is 0 Å². The van der Waals surface area contributed by atoms with Gasteiger partial charge in [0.1, 0.15) is 5.82 Å². The fourth-order valence-corrected chi connectivity index (χ4v) is 2.59. The van der Waals surface area contributed by atoms with E-state index in [4.69, 9.17) is 15.5 Å². The van der Waals surface area contributed by atoms with Crippen molar-refractivity contribution in [3.05, 3.63) is 29.6 Å². The second-order valence-electron chi connectivity index (χ2n) is 5.96. The predicted molar refractivity (Wildman–Crippen MR) is 76.1 cm³/mol. The third-order valence-electron chi connectivity index (χ3n) is 3.85. The number of ether oxygens (including phenoxy) is 1. The first kappa shape index (κ1) is 12.6. The highest BCUT2D eigenvalue weighted by Crippen LogP contribution is 2.28. The molecule has 1 aliphatic rings. The van der Waals surface area contributed by atoms with Crippen LogP contribution in [0, 0.1) is 0 Å². The lowest BCUT2D eigenvalue weighted by atomic mass is 9.95. The number of aromatic nitrogens is 2. The van der Waals surface area contributed by atoms with Crippen LogP contribution in [0.15, 0.2) is 18.2 Å². The Balaban J connectivity index is 1.96.